The molecule has 5 rings (SSSR count). The number of fused-ring (bicyclic) bond motifs is 1. The minimum absolute atomic E-state index is 0. The Morgan fingerprint density at radius 2 is 1.51 bits per heavy atom. The Bertz CT molecular complexity index is 1420. The summed E-state index contributed by atoms with van der Waals surface area (Å²) in [5, 5.41) is 0. The Morgan fingerprint density at radius 1 is 0.892 bits per heavy atom. The summed E-state index contributed by atoms with van der Waals surface area (Å²) in [4.78, 5) is 28.6. The summed E-state index contributed by atoms with van der Waals surface area (Å²) < 4.78 is 22.3. The number of ketones is 1. The Hall–Kier alpha value is -3.42. The van der Waals surface area contributed by atoms with Crippen molar-refractivity contribution in [3.63, 3.8) is 0 Å². The van der Waals surface area contributed by atoms with Gasteiger partial charge >= 0.3 is 5.69 Å². The Morgan fingerprint density at radius 3 is 2.19 bits per heavy atom. The molecular weight excluding hydrogens is 493 g/mol. The van der Waals surface area contributed by atoms with Crippen molar-refractivity contribution in [2.45, 2.75) is 25.9 Å². The molecule has 1 saturated heterocycles. The number of aromatic nitrogens is 2. The van der Waals surface area contributed by atoms with Gasteiger partial charge < -0.3 is 9.64 Å². The number of methoxy groups -OCH3 is 1. The molecular formula is C29H31ClFN3O3. The standard InChI is InChI=1S/C29H30FN3O3.ClH/c1-36-27-9-5-2-6-23(27)20-33-26-8-4-3-7-25(26)32(29(33)35)19-18-31-16-14-22(15-17-31)28(34)21-10-12-24(30)13-11-21;/h2-13,22H,14-20H2,1H3;1H. The minimum atomic E-state index is -0.333. The molecule has 6 nitrogen and oxygen atoms in total. The molecule has 0 radical (unpaired) electrons. The zero-order valence-electron chi connectivity index (χ0n) is 20.8. The maximum Gasteiger partial charge on any atom is 0.329 e. The maximum absolute atomic E-state index is 13.5. The van der Waals surface area contributed by atoms with Gasteiger partial charge in [0.25, 0.3) is 0 Å². The van der Waals surface area contributed by atoms with E-state index in [9.17, 15) is 14.0 Å². The molecule has 0 saturated carbocycles. The summed E-state index contributed by atoms with van der Waals surface area (Å²) in [5.41, 5.74) is 3.31. The molecule has 3 aromatic carbocycles. The van der Waals surface area contributed by atoms with Crippen LogP contribution < -0.4 is 10.4 Å². The normalized spacial score (nSPS) is 14.4. The molecule has 0 unspecified atom stereocenters. The number of likely N-dealkylation sites (tertiary alicyclic amines) is 1. The van der Waals surface area contributed by atoms with E-state index < -0.39 is 0 Å². The first-order chi connectivity index (χ1) is 17.5. The fourth-order valence-electron chi connectivity index (χ4n) is 5.16. The van der Waals surface area contributed by atoms with Crippen LogP contribution in [0.4, 0.5) is 4.39 Å². The molecule has 194 valence electrons. The van der Waals surface area contributed by atoms with Crippen molar-refractivity contribution in [2.24, 2.45) is 5.92 Å². The summed E-state index contributed by atoms with van der Waals surface area (Å²) in [6.07, 6.45) is 1.53. The van der Waals surface area contributed by atoms with Gasteiger partial charge in [-0.05, 0) is 68.4 Å². The van der Waals surface area contributed by atoms with Gasteiger partial charge in [-0.1, -0.05) is 30.3 Å². The number of rotatable bonds is 8. The summed E-state index contributed by atoms with van der Waals surface area (Å²) in [6, 6.07) is 21.4. The lowest BCUT2D eigenvalue weighted by molar-refractivity contribution is 0.0837. The largest absolute Gasteiger partial charge is 0.496 e. The van der Waals surface area contributed by atoms with E-state index in [1.807, 2.05) is 53.1 Å². The fourth-order valence-corrected chi connectivity index (χ4v) is 5.16. The molecule has 0 spiro atoms. The predicted molar refractivity (Wildman–Crippen MR) is 145 cm³/mol. The first-order valence-electron chi connectivity index (χ1n) is 12.4. The highest BCUT2D eigenvalue weighted by molar-refractivity contribution is 5.97. The molecule has 0 atom stereocenters. The van der Waals surface area contributed by atoms with Gasteiger partial charge in [-0.15, -0.1) is 12.4 Å². The van der Waals surface area contributed by atoms with Crippen LogP contribution in [0.3, 0.4) is 0 Å². The molecule has 4 aromatic rings. The van der Waals surface area contributed by atoms with Crippen molar-refractivity contribution in [1.82, 2.24) is 14.0 Å². The van der Waals surface area contributed by atoms with E-state index in [2.05, 4.69) is 4.90 Å². The molecule has 8 heteroatoms. The van der Waals surface area contributed by atoms with Crippen LogP contribution >= 0.6 is 12.4 Å². The zero-order valence-corrected chi connectivity index (χ0v) is 21.6. The van der Waals surface area contributed by atoms with Crippen molar-refractivity contribution in [3.8, 4) is 5.75 Å². The predicted octanol–water partition coefficient (Wildman–Crippen LogP) is 5.02. The molecule has 2 heterocycles. The van der Waals surface area contributed by atoms with Gasteiger partial charge in [-0.2, -0.15) is 0 Å². The fraction of sp³-hybridized carbons (Fsp3) is 0.310. The lowest BCUT2D eigenvalue weighted by Crippen LogP contribution is -2.39. The van der Waals surface area contributed by atoms with Crippen molar-refractivity contribution in [1.29, 1.82) is 0 Å². The van der Waals surface area contributed by atoms with E-state index in [4.69, 9.17) is 4.74 Å². The second kappa shape index (κ2) is 11.8. The lowest BCUT2D eigenvalue weighted by Gasteiger charge is -2.31. The number of Topliss-reactive ketones (excluding diaryl/α,β-unsaturated/α-hetero) is 1. The number of ether oxygens (including phenoxy) is 1. The number of imidazole rings is 1. The Balaban J connectivity index is 0.00000320. The molecule has 1 aromatic heterocycles. The monoisotopic (exact) mass is 523 g/mol. The third-order valence-electron chi connectivity index (χ3n) is 7.17. The van der Waals surface area contributed by atoms with Crippen LogP contribution in [0.5, 0.6) is 5.75 Å². The average molecular weight is 524 g/mol. The number of nitrogens with zero attached hydrogens (tertiary/aromatic N) is 3. The first-order valence-corrected chi connectivity index (χ1v) is 12.4. The number of hydrogen-bond donors (Lipinski definition) is 0. The lowest BCUT2D eigenvalue weighted by atomic mass is 9.89. The number of carbonyl (C=O) groups excluding carboxylic acids is 1. The van der Waals surface area contributed by atoms with Crippen LogP contribution in [0.25, 0.3) is 11.0 Å². The maximum atomic E-state index is 13.5. The van der Waals surface area contributed by atoms with E-state index >= 15 is 0 Å². The van der Waals surface area contributed by atoms with Crippen LogP contribution in [0, 0.1) is 11.7 Å². The van der Waals surface area contributed by atoms with E-state index in [0.717, 1.165) is 54.8 Å². The number of piperidine rings is 1. The number of benzene rings is 3. The quantitative estimate of drug-likeness (QED) is 0.304. The minimum Gasteiger partial charge on any atom is -0.496 e. The zero-order chi connectivity index (χ0) is 25.1. The van der Waals surface area contributed by atoms with Gasteiger partial charge in [0.05, 0.1) is 24.7 Å². The molecule has 0 N–H and O–H groups in total. The summed E-state index contributed by atoms with van der Waals surface area (Å²) in [5.74, 6) is 0.475. The van der Waals surface area contributed by atoms with Crippen LogP contribution in [0.1, 0.15) is 28.8 Å². The van der Waals surface area contributed by atoms with E-state index in [1.165, 1.54) is 12.1 Å². The molecule has 1 aliphatic heterocycles. The van der Waals surface area contributed by atoms with E-state index in [-0.39, 0.29) is 35.6 Å². The highest BCUT2D eigenvalue weighted by Gasteiger charge is 2.26. The summed E-state index contributed by atoms with van der Waals surface area (Å²) >= 11 is 0. The van der Waals surface area contributed by atoms with E-state index in [1.54, 1.807) is 23.8 Å². The van der Waals surface area contributed by atoms with Crippen molar-refractivity contribution >= 4 is 29.2 Å². The molecule has 0 amide bonds. The molecule has 1 fully saturated rings. The Kier molecular flexibility index (Phi) is 8.46. The third kappa shape index (κ3) is 5.63. The highest BCUT2D eigenvalue weighted by atomic mass is 35.5. The second-order valence-corrected chi connectivity index (χ2v) is 9.31. The van der Waals surface area contributed by atoms with Crippen molar-refractivity contribution < 1.29 is 13.9 Å². The summed E-state index contributed by atoms with van der Waals surface area (Å²) in [6.45, 7) is 3.35. The number of carbonyl (C=O) groups is 1. The van der Waals surface area contributed by atoms with Crippen molar-refractivity contribution in [2.75, 3.05) is 26.7 Å². The molecule has 37 heavy (non-hydrogen) atoms. The van der Waals surface area contributed by atoms with Crippen molar-refractivity contribution in [3.05, 3.63) is 100 Å². The third-order valence-corrected chi connectivity index (χ3v) is 7.17. The molecule has 0 aliphatic carbocycles. The van der Waals surface area contributed by atoms with Gasteiger partial charge in [0, 0.05) is 30.1 Å². The number of para-hydroxylation sites is 3. The van der Waals surface area contributed by atoms with Gasteiger partial charge in [-0.3, -0.25) is 13.9 Å². The van der Waals surface area contributed by atoms with Gasteiger partial charge in [0.1, 0.15) is 11.6 Å². The van der Waals surface area contributed by atoms with Crippen LogP contribution in [-0.2, 0) is 13.1 Å². The van der Waals surface area contributed by atoms with Crippen LogP contribution in [-0.4, -0.2) is 46.6 Å². The number of hydrogen-bond acceptors (Lipinski definition) is 4. The second-order valence-electron chi connectivity index (χ2n) is 9.31. The van der Waals surface area contributed by atoms with Crippen LogP contribution in [0.15, 0.2) is 77.6 Å². The Labute approximate surface area is 221 Å². The smallest absolute Gasteiger partial charge is 0.329 e. The van der Waals surface area contributed by atoms with Gasteiger partial charge in [-0.25, -0.2) is 9.18 Å². The average Bonchev–Trinajstić information content (AvgIpc) is 3.18. The molecule has 1 aliphatic rings. The number of halogens is 2. The summed E-state index contributed by atoms with van der Waals surface area (Å²) in [7, 11) is 1.64. The van der Waals surface area contributed by atoms with Gasteiger partial charge in [0.15, 0.2) is 5.78 Å². The van der Waals surface area contributed by atoms with Gasteiger partial charge in [0.2, 0.25) is 0 Å². The highest BCUT2D eigenvalue weighted by Crippen LogP contribution is 2.23. The van der Waals surface area contributed by atoms with E-state index in [0.29, 0.717) is 18.7 Å². The van der Waals surface area contributed by atoms with Crippen LogP contribution in [0.2, 0.25) is 0 Å². The SMILES string of the molecule is COc1ccccc1Cn1c(=O)n(CCN2CCC(C(=O)c3ccc(F)cc3)CC2)c2ccccc21.Cl. The topological polar surface area (TPSA) is 56.5 Å². The molecule has 0 bridgehead atoms. The first kappa shape index (κ1) is 26.6.